The monoisotopic (exact) mass is 279 g/mol. The van der Waals surface area contributed by atoms with Gasteiger partial charge in [0.05, 0.1) is 11.6 Å². The first-order valence-corrected chi connectivity index (χ1v) is 6.73. The molecule has 0 spiro atoms. The van der Waals surface area contributed by atoms with E-state index in [-0.39, 0.29) is 11.9 Å². The van der Waals surface area contributed by atoms with Crippen molar-refractivity contribution in [2.75, 3.05) is 10.6 Å². The van der Waals surface area contributed by atoms with Crippen LogP contribution in [-0.4, -0.2) is 5.91 Å². The van der Waals surface area contributed by atoms with Crippen molar-refractivity contribution in [1.29, 1.82) is 5.26 Å². The van der Waals surface area contributed by atoms with Gasteiger partial charge in [-0.15, -0.1) is 0 Å². The number of carbonyl (C=O) groups is 1. The average Bonchev–Trinajstić information content (AvgIpc) is 2.47. The van der Waals surface area contributed by atoms with Gasteiger partial charge in [0, 0.05) is 24.3 Å². The molecule has 0 heterocycles. The maximum atomic E-state index is 11.1. The molecule has 2 aromatic rings. The first-order chi connectivity index (χ1) is 10.1. The van der Waals surface area contributed by atoms with Crippen molar-refractivity contribution < 1.29 is 4.79 Å². The third-order valence-corrected chi connectivity index (χ3v) is 3.11. The predicted octanol–water partition coefficient (Wildman–Crippen LogP) is 3.69. The standard InChI is InChI=1S/C17H17N3O/c1-12(15-8-6-14(11-18)7-9-15)19-16-4-3-5-17(10-16)20-13(2)21/h3-10,12,19H,1-2H3,(H,20,21). The molecule has 0 fully saturated rings. The van der Waals surface area contributed by atoms with Crippen molar-refractivity contribution in [2.24, 2.45) is 0 Å². The molecule has 0 aromatic heterocycles. The van der Waals surface area contributed by atoms with Gasteiger partial charge in [-0.1, -0.05) is 18.2 Å². The Morgan fingerprint density at radius 3 is 2.43 bits per heavy atom. The summed E-state index contributed by atoms with van der Waals surface area (Å²) < 4.78 is 0. The van der Waals surface area contributed by atoms with Gasteiger partial charge in [-0.3, -0.25) is 4.79 Å². The Morgan fingerprint density at radius 2 is 1.81 bits per heavy atom. The van der Waals surface area contributed by atoms with Crippen LogP contribution in [0, 0.1) is 11.3 Å². The van der Waals surface area contributed by atoms with E-state index in [0.29, 0.717) is 5.56 Å². The van der Waals surface area contributed by atoms with E-state index >= 15 is 0 Å². The molecule has 0 radical (unpaired) electrons. The van der Waals surface area contributed by atoms with E-state index in [9.17, 15) is 4.79 Å². The number of benzene rings is 2. The summed E-state index contributed by atoms with van der Waals surface area (Å²) in [7, 11) is 0. The fourth-order valence-corrected chi connectivity index (χ4v) is 2.07. The van der Waals surface area contributed by atoms with Crippen LogP contribution >= 0.6 is 0 Å². The number of carbonyl (C=O) groups excluding carboxylic acids is 1. The summed E-state index contributed by atoms with van der Waals surface area (Å²) >= 11 is 0. The van der Waals surface area contributed by atoms with E-state index in [1.165, 1.54) is 6.92 Å². The van der Waals surface area contributed by atoms with Gasteiger partial charge in [-0.2, -0.15) is 5.26 Å². The van der Waals surface area contributed by atoms with Gasteiger partial charge >= 0.3 is 0 Å². The van der Waals surface area contributed by atoms with Crippen LogP contribution in [0.25, 0.3) is 0 Å². The minimum absolute atomic E-state index is 0.0905. The Bertz CT molecular complexity index is 671. The fourth-order valence-electron chi connectivity index (χ4n) is 2.07. The number of hydrogen-bond donors (Lipinski definition) is 2. The Balaban J connectivity index is 2.09. The van der Waals surface area contributed by atoms with Gasteiger partial charge < -0.3 is 10.6 Å². The predicted molar refractivity (Wildman–Crippen MR) is 83.9 cm³/mol. The molecule has 4 nitrogen and oxygen atoms in total. The van der Waals surface area contributed by atoms with Gasteiger partial charge in [0.25, 0.3) is 0 Å². The molecule has 0 bridgehead atoms. The summed E-state index contributed by atoms with van der Waals surface area (Å²) in [6, 6.07) is 17.3. The largest absolute Gasteiger partial charge is 0.378 e. The number of rotatable bonds is 4. The molecule has 1 unspecified atom stereocenters. The molecule has 2 aromatic carbocycles. The lowest BCUT2D eigenvalue weighted by molar-refractivity contribution is -0.114. The summed E-state index contributed by atoms with van der Waals surface area (Å²) in [5, 5.41) is 14.9. The second-order valence-electron chi connectivity index (χ2n) is 4.86. The Kier molecular flexibility index (Phi) is 4.57. The van der Waals surface area contributed by atoms with Crippen LogP contribution in [0.3, 0.4) is 0 Å². The number of nitrogens with one attached hydrogen (secondary N) is 2. The Morgan fingerprint density at radius 1 is 1.14 bits per heavy atom. The molecule has 106 valence electrons. The fraction of sp³-hybridized carbons (Fsp3) is 0.176. The number of nitrogens with zero attached hydrogens (tertiary/aromatic N) is 1. The second-order valence-corrected chi connectivity index (χ2v) is 4.86. The number of hydrogen-bond acceptors (Lipinski definition) is 3. The van der Waals surface area contributed by atoms with Gasteiger partial charge in [0.15, 0.2) is 0 Å². The highest BCUT2D eigenvalue weighted by atomic mass is 16.1. The summed E-state index contributed by atoms with van der Waals surface area (Å²) in [5.74, 6) is -0.0905. The van der Waals surface area contributed by atoms with Crippen LogP contribution in [0.15, 0.2) is 48.5 Å². The van der Waals surface area contributed by atoms with Crippen molar-refractivity contribution in [3.8, 4) is 6.07 Å². The quantitative estimate of drug-likeness (QED) is 0.897. The smallest absolute Gasteiger partial charge is 0.221 e. The average molecular weight is 279 g/mol. The Hall–Kier alpha value is -2.80. The van der Waals surface area contributed by atoms with Crippen LogP contribution in [0.5, 0.6) is 0 Å². The summed E-state index contributed by atoms with van der Waals surface area (Å²) in [6.07, 6.45) is 0. The summed E-state index contributed by atoms with van der Waals surface area (Å²) in [6.45, 7) is 3.53. The lowest BCUT2D eigenvalue weighted by Gasteiger charge is -2.16. The molecule has 0 aliphatic heterocycles. The lowest BCUT2D eigenvalue weighted by atomic mass is 10.1. The first kappa shape index (κ1) is 14.6. The molecular formula is C17H17N3O. The molecule has 4 heteroatoms. The maximum absolute atomic E-state index is 11.1. The number of anilines is 2. The summed E-state index contributed by atoms with van der Waals surface area (Å²) in [5.41, 5.74) is 3.44. The minimum Gasteiger partial charge on any atom is -0.378 e. The topological polar surface area (TPSA) is 64.9 Å². The molecule has 21 heavy (non-hydrogen) atoms. The molecule has 1 atom stereocenters. The molecular weight excluding hydrogens is 262 g/mol. The van der Waals surface area contributed by atoms with E-state index in [4.69, 9.17) is 5.26 Å². The number of amides is 1. The molecule has 2 rings (SSSR count). The zero-order valence-corrected chi connectivity index (χ0v) is 12.1. The highest BCUT2D eigenvalue weighted by Crippen LogP contribution is 2.22. The lowest BCUT2D eigenvalue weighted by Crippen LogP contribution is -2.08. The van der Waals surface area contributed by atoms with Crippen molar-refractivity contribution in [3.63, 3.8) is 0 Å². The van der Waals surface area contributed by atoms with Crippen molar-refractivity contribution in [1.82, 2.24) is 0 Å². The molecule has 0 aliphatic carbocycles. The van der Waals surface area contributed by atoms with Gasteiger partial charge in [-0.25, -0.2) is 0 Å². The van der Waals surface area contributed by atoms with E-state index in [1.54, 1.807) is 12.1 Å². The zero-order chi connectivity index (χ0) is 15.2. The van der Waals surface area contributed by atoms with E-state index in [0.717, 1.165) is 16.9 Å². The van der Waals surface area contributed by atoms with E-state index in [1.807, 2.05) is 43.3 Å². The van der Waals surface area contributed by atoms with Crippen LogP contribution in [-0.2, 0) is 4.79 Å². The van der Waals surface area contributed by atoms with Gasteiger partial charge in [0.2, 0.25) is 5.91 Å². The van der Waals surface area contributed by atoms with Crippen LogP contribution < -0.4 is 10.6 Å². The van der Waals surface area contributed by atoms with Crippen molar-refractivity contribution in [2.45, 2.75) is 19.9 Å². The van der Waals surface area contributed by atoms with Crippen LogP contribution in [0.2, 0.25) is 0 Å². The normalized spacial score (nSPS) is 11.3. The molecule has 1 amide bonds. The van der Waals surface area contributed by atoms with Gasteiger partial charge in [0.1, 0.15) is 0 Å². The van der Waals surface area contributed by atoms with E-state index < -0.39 is 0 Å². The maximum Gasteiger partial charge on any atom is 0.221 e. The third kappa shape index (κ3) is 4.08. The summed E-state index contributed by atoms with van der Waals surface area (Å²) in [4.78, 5) is 11.1. The van der Waals surface area contributed by atoms with Crippen molar-refractivity contribution in [3.05, 3.63) is 59.7 Å². The molecule has 0 aliphatic rings. The minimum atomic E-state index is -0.0905. The second kappa shape index (κ2) is 6.58. The van der Waals surface area contributed by atoms with Crippen LogP contribution in [0.4, 0.5) is 11.4 Å². The Labute approximate surface area is 124 Å². The molecule has 0 saturated carbocycles. The number of nitriles is 1. The third-order valence-electron chi connectivity index (χ3n) is 3.11. The van der Waals surface area contributed by atoms with Crippen LogP contribution in [0.1, 0.15) is 31.0 Å². The first-order valence-electron chi connectivity index (χ1n) is 6.73. The van der Waals surface area contributed by atoms with Gasteiger partial charge in [-0.05, 0) is 42.8 Å². The molecule has 0 saturated heterocycles. The highest BCUT2D eigenvalue weighted by Gasteiger charge is 2.06. The highest BCUT2D eigenvalue weighted by molar-refractivity contribution is 5.89. The van der Waals surface area contributed by atoms with E-state index in [2.05, 4.69) is 16.7 Å². The zero-order valence-electron chi connectivity index (χ0n) is 12.1. The molecule has 2 N–H and O–H groups in total. The SMILES string of the molecule is CC(=O)Nc1cccc(NC(C)c2ccc(C#N)cc2)c1. The van der Waals surface area contributed by atoms with Crippen molar-refractivity contribution >= 4 is 17.3 Å².